The Balaban J connectivity index is 1.99. The third-order valence-corrected chi connectivity index (χ3v) is 4.01. The maximum atomic E-state index is 11.3. The number of hydrogen-bond acceptors (Lipinski definition) is 4. The predicted octanol–water partition coefficient (Wildman–Crippen LogP) is 1.37. The second-order valence-electron chi connectivity index (χ2n) is 5.45. The Morgan fingerprint density at radius 1 is 1.53 bits per heavy atom. The molecule has 94 valence electrons. The Hall–Kier alpha value is -0.940. The van der Waals surface area contributed by atoms with E-state index in [0.717, 1.165) is 30.3 Å². The van der Waals surface area contributed by atoms with Gasteiger partial charge in [-0.15, -0.1) is 11.3 Å². The van der Waals surface area contributed by atoms with Crippen LogP contribution in [0.15, 0.2) is 5.38 Å². The molecule has 1 aromatic rings. The summed E-state index contributed by atoms with van der Waals surface area (Å²) in [4.78, 5) is 18.0. The molecule has 1 N–H and O–H groups in total. The van der Waals surface area contributed by atoms with Crippen LogP contribution in [0.3, 0.4) is 0 Å². The molecule has 0 saturated carbocycles. The van der Waals surface area contributed by atoms with E-state index in [9.17, 15) is 4.79 Å². The minimum atomic E-state index is 0.113. The molecule has 2 rings (SSSR count). The first-order valence-electron chi connectivity index (χ1n) is 5.89. The third kappa shape index (κ3) is 3.26. The van der Waals surface area contributed by atoms with Crippen LogP contribution in [0.25, 0.3) is 0 Å². The zero-order valence-electron chi connectivity index (χ0n) is 10.6. The number of carbonyl (C=O) groups excluding carboxylic acids is 1. The summed E-state index contributed by atoms with van der Waals surface area (Å²) in [7, 11) is 0. The van der Waals surface area contributed by atoms with E-state index in [4.69, 9.17) is 0 Å². The molecule has 1 amide bonds. The largest absolute Gasteiger partial charge is 0.354 e. The topological polar surface area (TPSA) is 45.2 Å². The lowest BCUT2D eigenvalue weighted by Crippen LogP contribution is -2.47. The summed E-state index contributed by atoms with van der Waals surface area (Å²) in [6.45, 7) is 9.43. The molecule has 1 fully saturated rings. The maximum absolute atomic E-state index is 11.3. The molecule has 0 atom stereocenters. The molecule has 2 heterocycles. The maximum Gasteiger partial charge on any atom is 0.234 e. The van der Waals surface area contributed by atoms with E-state index in [-0.39, 0.29) is 11.3 Å². The number of amides is 1. The van der Waals surface area contributed by atoms with E-state index in [1.165, 1.54) is 0 Å². The first kappa shape index (κ1) is 12.5. The lowest BCUT2D eigenvalue weighted by molar-refractivity contribution is -0.124. The van der Waals surface area contributed by atoms with Crippen LogP contribution >= 0.6 is 11.3 Å². The average molecular weight is 253 g/mol. The first-order chi connectivity index (χ1) is 7.95. The number of carbonyl (C=O) groups is 1. The van der Waals surface area contributed by atoms with E-state index in [2.05, 4.69) is 41.4 Å². The van der Waals surface area contributed by atoms with Crippen LogP contribution in [-0.4, -0.2) is 35.4 Å². The van der Waals surface area contributed by atoms with E-state index in [0.29, 0.717) is 6.54 Å². The molecule has 1 saturated heterocycles. The van der Waals surface area contributed by atoms with E-state index in [1.54, 1.807) is 11.3 Å². The number of hydrogen-bond donors (Lipinski definition) is 1. The van der Waals surface area contributed by atoms with Crippen molar-refractivity contribution in [2.45, 2.75) is 32.7 Å². The summed E-state index contributed by atoms with van der Waals surface area (Å²) in [5.74, 6) is 0.113. The molecule has 1 aliphatic rings. The zero-order chi connectivity index (χ0) is 12.5. The molecule has 0 unspecified atom stereocenters. The second-order valence-corrected chi connectivity index (χ2v) is 6.31. The monoisotopic (exact) mass is 253 g/mol. The van der Waals surface area contributed by atoms with Crippen LogP contribution in [0.4, 0.5) is 0 Å². The van der Waals surface area contributed by atoms with Crippen molar-refractivity contribution in [2.24, 2.45) is 0 Å². The zero-order valence-corrected chi connectivity index (χ0v) is 11.4. The lowest BCUT2D eigenvalue weighted by Gasteiger charge is -2.25. The van der Waals surface area contributed by atoms with Crippen molar-refractivity contribution in [3.8, 4) is 0 Å². The van der Waals surface area contributed by atoms with Crippen molar-refractivity contribution >= 4 is 17.2 Å². The van der Waals surface area contributed by atoms with Crippen LogP contribution in [0.2, 0.25) is 0 Å². The molecule has 0 spiro atoms. The van der Waals surface area contributed by atoms with Gasteiger partial charge in [-0.3, -0.25) is 9.69 Å². The van der Waals surface area contributed by atoms with Gasteiger partial charge in [0, 0.05) is 30.4 Å². The Morgan fingerprint density at radius 3 is 2.88 bits per heavy atom. The highest BCUT2D eigenvalue weighted by Crippen LogP contribution is 2.25. The van der Waals surface area contributed by atoms with Crippen LogP contribution in [-0.2, 0) is 16.8 Å². The van der Waals surface area contributed by atoms with Gasteiger partial charge in [0.2, 0.25) is 5.91 Å². The smallest absolute Gasteiger partial charge is 0.234 e. The number of aromatic nitrogens is 1. The normalized spacial score (nSPS) is 18.2. The fourth-order valence-corrected chi connectivity index (χ4v) is 2.68. The van der Waals surface area contributed by atoms with Crippen molar-refractivity contribution in [1.29, 1.82) is 0 Å². The van der Waals surface area contributed by atoms with Gasteiger partial charge in [0.05, 0.1) is 17.2 Å². The van der Waals surface area contributed by atoms with Crippen molar-refractivity contribution in [2.75, 3.05) is 19.6 Å². The summed E-state index contributed by atoms with van der Waals surface area (Å²) in [6, 6.07) is 0. The molecular weight excluding hydrogens is 234 g/mol. The Labute approximate surface area is 106 Å². The number of rotatable bonds is 2. The second kappa shape index (κ2) is 4.74. The van der Waals surface area contributed by atoms with Crippen LogP contribution in [0.5, 0.6) is 0 Å². The Kier molecular flexibility index (Phi) is 3.49. The molecule has 0 bridgehead atoms. The number of nitrogens with one attached hydrogen (secondary N) is 1. The van der Waals surface area contributed by atoms with Gasteiger partial charge in [-0.25, -0.2) is 4.98 Å². The minimum absolute atomic E-state index is 0.113. The molecule has 1 aromatic heterocycles. The van der Waals surface area contributed by atoms with E-state index >= 15 is 0 Å². The van der Waals surface area contributed by atoms with Crippen molar-refractivity contribution in [3.05, 3.63) is 16.1 Å². The molecule has 5 heteroatoms. The number of nitrogens with zero attached hydrogens (tertiary/aromatic N) is 2. The number of piperazine rings is 1. The van der Waals surface area contributed by atoms with Gasteiger partial charge in [0.25, 0.3) is 0 Å². The van der Waals surface area contributed by atoms with Gasteiger partial charge in [0.1, 0.15) is 0 Å². The predicted molar refractivity (Wildman–Crippen MR) is 69.1 cm³/mol. The van der Waals surface area contributed by atoms with Crippen LogP contribution in [0.1, 0.15) is 31.5 Å². The fraction of sp³-hybridized carbons (Fsp3) is 0.667. The van der Waals surface area contributed by atoms with Gasteiger partial charge in [0.15, 0.2) is 0 Å². The first-order valence-corrected chi connectivity index (χ1v) is 6.77. The number of thiazole rings is 1. The highest BCUT2D eigenvalue weighted by atomic mass is 32.1. The Morgan fingerprint density at radius 2 is 2.29 bits per heavy atom. The highest BCUT2D eigenvalue weighted by molar-refractivity contribution is 7.09. The van der Waals surface area contributed by atoms with Crippen LogP contribution < -0.4 is 5.32 Å². The standard InChI is InChI=1S/C12H19N3OS/c1-12(2,3)11-14-9(8-17-11)6-15-5-4-13-10(16)7-15/h8H,4-7H2,1-3H3,(H,13,16). The summed E-state index contributed by atoms with van der Waals surface area (Å²) >= 11 is 1.71. The van der Waals surface area contributed by atoms with Crippen LogP contribution in [0, 0.1) is 0 Å². The highest BCUT2D eigenvalue weighted by Gasteiger charge is 2.20. The Bertz CT molecular complexity index is 408. The van der Waals surface area contributed by atoms with Gasteiger partial charge in [-0.2, -0.15) is 0 Å². The van der Waals surface area contributed by atoms with Crippen molar-refractivity contribution in [1.82, 2.24) is 15.2 Å². The molecule has 4 nitrogen and oxygen atoms in total. The van der Waals surface area contributed by atoms with E-state index < -0.39 is 0 Å². The van der Waals surface area contributed by atoms with Gasteiger partial charge < -0.3 is 5.32 Å². The summed E-state index contributed by atoms with van der Waals surface area (Å²) < 4.78 is 0. The molecule has 0 aromatic carbocycles. The van der Waals surface area contributed by atoms with Gasteiger partial charge >= 0.3 is 0 Å². The SMILES string of the molecule is CC(C)(C)c1nc(CN2CCNC(=O)C2)cs1. The van der Waals surface area contributed by atoms with E-state index in [1.807, 2.05) is 0 Å². The average Bonchev–Trinajstić information content (AvgIpc) is 2.65. The van der Waals surface area contributed by atoms with Crippen molar-refractivity contribution < 1.29 is 4.79 Å². The fourth-order valence-electron chi connectivity index (χ4n) is 1.78. The van der Waals surface area contributed by atoms with Crippen molar-refractivity contribution in [3.63, 3.8) is 0 Å². The molecule has 1 aliphatic heterocycles. The van der Waals surface area contributed by atoms with Gasteiger partial charge in [-0.1, -0.05) is 20.8 Å². The molecule has 17 heavy (non-hydrogen) atoms. The molecule has 0 aliphatic carbocycles. The van der Waals surface area contributed by atoms with Gasteiger partial charge in [-0.05, 0) is 0 Å². The molecular formula is C12H19N3OS. The quantitative estimate of drug-likeness (QED) is 0.866. The summed E-state index contributed by atoms with van der Waals surface area (Å²) in [5.41, 5.74) is 1.19. The lowest BCUT2D eigenvalue weighted by atomic mass is 9.98. The summed E-state index contributed by atoms with van der Waals surface area (Å²) in [6.07, 6.45) is 0. The summed E-state index contributed by atoms with van der Waals surface area (Å²) in [5, 5.41) is 6.09. The molecule has 0 radical (unpaired) electrons. The third-order valence-electron chi connectivity index (χ3n) is 2.70. The minimum Gasteiger partial charge on any atom is -0.354 e.